The van der Waals surface area contributed by atoms with Crippen molar-refractivity contribution in [2.24, 2.45) is 4.99 Å². The molecule has 0 aliphatic heterocycles. The van der Waals surface area contributed by atoms with Crippen molar-refractivity contribution in [2.75, 3.05) is 5.32 Å². The largest absolute Gasteiger partial charge is 0.508 e. The number of aromatic nitrogens is 2. The standard InChI is InChI=1S/C23H21F4N5O2/c24-18-11-16(33)9-10-17(18)19-12-20(32-31-19)29-22(28-15-3-1-2-4-15)30-21(34)13-5-7-14(8-6-13)23(25,26)27/h5-12,15,33H,1-4H2,(H3,28,29,30,31,32,34). The van der Waals surface area contributed by atoms with E-state index < -0.39 is 23.5 Å². The van der Waals surface area contributed by atoms with Gasteiger partial charge >= 0.3 is 6.18 Å². The van der Waals surface area contributed by atoms with E-state index in [9.17, 15) is 27.5 Å². The third-order valence-corrected chi connectivity index (χ3v) is 5.43. The topological polar surface area (TPSA) is 102 Å². The summed E-state index contributed by atoms with van der Waals surface area (Å²) in [5.74, 6) is -1.20. The quantitative estimate of drug-likeness (QED) is 0.239. The summed E-state index contributed by atoms with van der Waals surface area (Å²) in [4.78, 5) is 16.7. The maximum atomic E-state index is 14.2. The van der Waals surface area contributed by atoms with Gasteiger partial charge in [-0.1, -0.05) is 12.8 Å². The summed E-state index contributed by atoms with van der Waals surface area (Å²) in [5, 5.41) is 22.2. The lowest BCUT2D eigenvalue weighted by Crippen LogP contribution is -2.38. The molecule has 1 heterocycles. The van der Waals surface area contributed by atoms with E-state index in [1.165, 1.54) is 18.2 Å². The van der Waals surface area contributed by atoms with E-state index in [2.05, 4.69) is 25.8 Å². The Morgan fingerprint density at radius 1 is 1.09 bits per heavy atom. The first-order valence-electron chi connectivity index (χ1n) is 10.6. The fraction of sp³-hybridized carbons (Fsp3) is 0.261. The van der Waals surface area contributed by atoms with Crippen LogP contribution in [0.2, 0.25) is 0 Å². The molecule has 1 amide bonds. The molecular weight excluding hydrogens is 454 g/mol. The Balaban J connectivity index is 1.56. The summed E-state index contributed by atoms with van der Waals surface area (Å²) in [6, 6.07) is 9.05. The Hall–Kier alpha value is -3.89. The van der Waals surface area contributed by atoms with Crippen LogP contribution in [0.1, 0.15) is 41.6 Å². The number of hydrogen-bond acceptors (Lipinski definition) is 3. The van der Waals surface area contributed by atoms with Gasteiger partial charge in [0.05, 0.1) is 11.3 Å². The maximum Gasteiger partial charge on any atom is 0.416 e. The van der Waals surface area contributed by atoms with Gasteiger partial charge in [-0.05, 0) is 49.2 Å². The zero-order chi connectivity index (χ0) is 24.3. The molecule has 0 spiro atoms. The van der Waals surface area contributed by atoms with E-state index in [4.69, 9.17) is 0 Å². The highest BCUT2D eigenvalue weighted by Gasteiger charge is 2.30. The van der Waals surface area contributed by atoms with E-state index in [0.29, 0.717) is 5.82 Å². The number of carbonyl (C=O) groups excluding carboxylic acids is 1. The second kappa shape index (κ2) is 9.54. The molecule has 1 aliphatic carbocycles. The molecule has 0 atom stereocenters. The van der Waals surface area contributed by atoms with Crippen molar-refractivity contribution in [3.63, 3.8) is 0 Å². The number of rotatable bonds is 4. The Morgan fingerprint density at radius 3 is 2.44 bits per heavy atom. The average molecular weight is 475 g/mol. The number of nitrogens with one attached hydrogen (secondary N) is 3. The Kier molecular flexibility index (Phi) is 6.53. The van der Waals surface area contributed by atoms with Gasteiger partial charge in [0.15, 0.2) is 0 Å². The van der Waals surface area contributed by atoms with Crippen molar-refractivity contribution in [3.8, 4) is 17.0 Å². The molecule has 2 aromatic carbocycles. The van der Waals surface area contributed by atoms with Crippen LogP contribution in [0.5, 0.6) is 5.75 Å². The fourth-order valence-electron chi connectivity index (χ4n) is 3.69. The second-order valence-electron chi connectivity index (χ2n) is 7.92. The summed E-state index contributed by atoms with van der Waals surface area (Å²) in [6.45, 7) is 0. The van der Waals surface area contributed by atoms with Crippen molar-refractivity contribution in [2.45, 2.75) is 37.9 Å². The number of carbonyl (C=O) groups is 1. The van der Waals surface area contributed by atoms with Crippen LogP contribution in [0.25, 0.3) is 11.3 Å². The predicted molar refractivity (Wildman–Crippen MR) is 118 cm³/mol. The Labute approximate surface area is 191 Å². The number of nitrogens with zero attached hydrogens (tertiary/aromatic N) is 2. The number of benzene rings is 2. The summed E-state index contributed by atoms with van der Waals surface area (Å²) in [6.07, 6.45) is -0.709. The molecule has 11 heteroatoms. The average Bonchev–Trinajstić information content (AvgIpc) is 3.45. The maximum absolute atomic E-state index is 14.2. The van der Waals surface area contributed by atoms with Gasteiger partial charge in [-0.15, -0.1) is 0 Å². The van der Waals surface area contributed by atoms with Crippen LogP contribution in [0.15, 0.2) is 53.5 Å². The molecule has 1 aliphatic rings. The highest BCUT2D eigenvalue weighted by atomic mass is 19.4. The summed E-state index contributed by atoms with van der Waals surface area (Å²) >= 11 is 0. The van der Waals surface area contributed by atoms with Crippen LogP contribution in [-0.4, -0.2) is 33.2 Å². The molecule has 178 valence electrons. The summed E-state index contributed by atoms with van der Waals surface area (Å²) < 4.78 is 52.5. The van der Waals surface area contributed by atoms with Gasteiger partial charge in [0, 0.05) is 29.3 Å². The van der Waals surface area contributed by atoms with Crippen molar-refractivity contribution in [3.05, 3.63) is 65.5 Å². The third-order valence-electron chi connectivity index (χ3n) is 5.43. The molecular formula is C23H21F4N5O2. The summed E-state index contributed by atoms with van der Waals surface area (Å²) in [7, 11) is 0. The molecule has 1 aromatic heterocycles. The van der Waals surface area contributed by atoms with Gasteiger partial charge in [0.25, 0.3) is 5.91 Å². The molecule has 4 N–H and O–H groups in total. The van der Waals surface area contributed by atoms with Gasteiger partial charge in [-0.3, -0.25) is 9.89 Å². The van der Waals surface area contributed by atoms with Crippen LogP contribution in [0.3, 0.4) is 0 Å². The van der Waals surface area contributed by atoms with Gasteiger partial charge in [-0.25, -0.2) is 4.39 Å². The van der Waals surface area contributed by atoms with E-state index >= 15 is 0 Å². The highest BCUT2D eigenvalue weighted by Crippen LogP contribution is 2.29. The number of H-pyrrole nitrogens is 1. The van der Waals surface area contributed by atoms with Gasteiger partial charge in [-0.2, -0.15) is 23.3 Å². The number of alkyl halides is 3. The molecule has 4 rings (SSSR count). The van der Waals surface area contributed by atoms with E-state index in [0.717, 1.165) is 56.0 Å². The molecule has 7 nitrogen and oxygen atoms in total. The normalized spacial score (nSPS) is 14.9. The molecule has 1 saturated carbocycles. The fourth-order valence-corrected chi connectivity index (χ4v) is 3.69. The number of aromatic hydroxyl groups is 1. The lowest BCUT2D eigenvalue weighted by molar-refractivity contribution is -0.137. The number of anilines is 1. The van der Waals surface area contributed by atoms with Crippen LogP contribution in [-0.2, 0) is 6.18 Å². The van der Waals surface area contributed by atoms with Gasteiger partial charge in [0.1, 0.15) is 17.4 Å². The monoisotopic (exact) mass is 475 g/mol. The zero-order valence-corrected chi connectivity index (χ0v) is 17.8. The molecule has 0 bridgehead atoms. The lowest BCUT2D eigenvalue weighted by Gasteiger charge is -2.16. The number of hydrogen-bond donors (Lipinski definition) is 4. The molecule has 0 saturated heterocycles. The minimum Gasteiger partial charge on any atom is -0.508 e. The van der Waals surface area contributed by atoms with Crippen molar-refractivity contribution < 1.29 is 27.5 Å². The number of halogens is 4. The minimum absolute atomic E-state index is 0.00279. The minimum atomic E-state index is -4.50. The van der Waals surface area contributed by atoms with Crippen LogP contribution >= 0.6 is 0 Å². The second-order valence-corrected chi connectivity index (χ2v) is 7.92. The summed E-state index contributed by atoms with van der Waals surface area (Å²) in [5.41, 5.74) is -0.446. The van der Waals surface area contributed by atoms with Gasteiger partial charge in [0.2, 0.25) is 5.96 Å². The SMILES string of the molecule is O=C(/N=C(\Nc1cc(-c2ccc(O)cc2F)n[nH]1)NC1CCCC1)c1ccc(C(F)(F)F)cc1. The molecule has 3 aromatic rings. The third kappa shape index (κ3) is 5.53. The number of phenolic OH excluding ortho intramolecular Hbond substituents is 1. The Bertz CT molecular complexity index is 1200. The van der Waals surface area contributed by atoms with E-state index in [-0.39, 0.29) is 34.6 Å². The first-order valence-corrected chi connectivity index (χ1v) is 10.6. The van der Waals surface area contributed by atoms with E-state index in [1.54, 1.807) is 0 Å². The van der Waals surface area contributed by atoms with Crippen molar-refractivity contribution >= 4 is 17.7 Å². The van der Waals surface area contributed by atoms with Crippen LogP contribution in [0, 0.1) is 5.82 Å². The van der Waals surface area contributed by atoms with Gasteiger partial charge < -0.3 is 15.7 Å². The Morgan fingerprint density at radius 2 is 1.79 bits per heavy atom. The predicted octanol–water partition coefficient (Wildman–Crippen LogP) is 5.08. The number of phenols is 1. The van der Waals surface area contributed by atoms with E-state index in [1.807, 2.05) is 0 Å². The molecule has 0 radical (unpaired) electrons. The number of aliphatic imine (C=N–C) groups is 1. The van der Waals surface area contributed by atoms with Crippen LogP contribution < -0.4 is 10.6 Å². The first-order chi connectivity index (χ1) is 16.2. The number of amides is 1. The van der Waals surface area contributed by atoms with Crippen molar-refractivity contribution in [1.82, 2.24) is 15.5 Å². The number of guanidine groups is 1. The van der Waals surface area contributed by atoms with Crippen molar-refractivity contribution in [1.29, 1.82) is 0 Å². The molecule has 0 unspecified atom stereocenters. The zero-order valence-electron chi connectivity index (χ0n) is 17.8. The molecule has 1 fully saturated rings. The molecule has 34 heavy (non-hydrogen) atoms. The number of aromatic amines is 1. The van der Waals surface area contributed by atoms with Crippen LogP contribution in [0.4, 0.5) is 23.4 Å². The first kappa shape index (κ1) is 23.3. The lowest BCUT2D eigenvalue weighted by atomic mass is 10.1. The smallest absolute Gasteiger partial charge is 0.416 e. The highest BCUT2D eigenvalue weighted by molar-refractivity contribution is 6.06.